The zero-order valence-corrected chi connectivity index (χ0v) is 19.8. The largest absolute Gasteiger partial charge is 0.376 e. The first-order chi connectivity index (χ1) is 16.5. The number of hydrogen-bond donors (Lipinski definition) is 1. The van der Waals surface area contributed by atoms with Crippen LogP contribution in [-0.4, -0.2) is 65.5 Å². The minimum Gasteiger partial charge on any atom is -0.376 e. The molecule has 2 aromatic rings. The fraction of sp³-hybridized carbons (Fsp3) is 0.519. The molecule has 34 heavy (non-hydrogen) atoms. The number of carbonyl (C=O) groups is 3. The smallest absolute Gasteiger partial charge is 0.325 e. The van der Waals surface area contributed by atoms with Crippen LogP contribution in [-0.2, 0) is 9.53 Å². The van der Waals surface area contributed by atoms with E-state index in [4.69, 9.17) is 4.74 Å². The molecule has 7 nitrogen and oxygen atoms in total. The number of imide groups is 1. The number of ether oxygens (including phenoxy) is 1. The van der Waals surface area contributed by atoms with Gasteiger partial charge in [-0.1, -0.05) is 49.7 Å². The van der Waals surface area contributed by atoms with Gasteiger partial charge in [0.25, 0.3) is 11.8 Å². The molecule has 180 valence electrons. The fourth-order valence-corrected chi connectivity index (χ4v) is 6.00. The van der Waals surface area contributed by atoms with Gasteiger partial charge in [-0.2, -0.15) is 0 Å². The highest BCUT2D eigenvalue weighted by Crippen LogP contribution is 2.38. The zero-order chi connectivity index (χ0) is 23.7. The lowest BCUT2D eigenvalue weighted by Crippen LogP contribution is -2.56. The summed E-state index contributed by atoms with van der Waals surface area (Å²) in [5, 5.41) is 5.10. The highest BCUT2D eigenvalue weighted by molar-refractivity contribution is 6.08. The van der Waals surface area contributed by atoms with Crippen LogP contribution in [0.1, 0.15) is 55.8 Å². The topological polar surface area (TPSA) is 79.0 Å². The van der Waals surface area contributed by atoms with E-state index in [1.807, 2.05) is 54.3 Å². The lowest BCUT2D eigenvalue weighted by Gasteiger charge is -2.41. The van der Waals surface area contributed by atoms with Gasteiger partial charge in [0.05, 0.1) is 12.6 Å². The Balaban J connectivity index is 1.30. The van der Waals surface area contributed by atoms with Crippen molar-refractivity contribution in [2.24, 2.45) is 5.92 Å². The Bertz CT molecular complexity index is 1080. The number of hydrogen-bond acceptors (Lipinski definition) is 4. The molecule has 4 amide bonds. The van der Waals surface area contributed by atoms with Crippen molar-refractivity contribution < 1.29 is 19.1 Å². The summed E-state index contributed by atoms with van der Waals surface area (Å²) in [6, 6.07) is 13.5. The van der Waals surface area contributed by atoms with Crippen LogP contribution in [0.15, 0.2) is 42.5 Å². The molecular formula is C27H33N3O4. The van der Waals surface area contributed by atoms with Gasteiger partial charge >= 0.3 is 6.03 Å². The van der Waals surface area contributed by atoms with E-state index in [1.165, 1.54) is 4.90 Å². The maximum Gasteiger partial charge on any atom is 0.325 e. The van der Waals surface area contributed by atoms with Gasteiger partial charge in [-0.15, -0.1) is 0 Å². The Kier molecular flexibility index (Phi) is 6.30. The van der Waals surface area contributed by atoms with Crippen molar-refractivity contribution in [3.05, 3.63) is 48.0 Å². The molecule has 0 aliphatic carbocycles. The second kappa shape index (κ2) is 9.37. The molecule has 3 saturated heterocycles. The van der Waals surface area contributed by atoms with Gasteiger partial charge in [-0.25, -0.2) is 4.79 Å². The zero-order valence-electron chi connectivity index (χ0n) is 19.8. The van der Waals surface area contributed by atoms with Gasteiger partial charge in [-0.05, 0) is 54.9 Å². The normalized spacial score (nSPS) is 25.9. The number of likely N-dealkylation sites (tertiary alicyclic amines) is 1. The van der Waals surface area contributed by atoms with Crippen molar-refractivity contribution in [3.63, 3.8) is 0 Å². The minimum atomic E-state index is -0.876. The van der Waals surface area contributed by atoms with Crippen molar-refractivity contribution in [3.8, 4) is 0 Å². The van der Waals surface area contributed by atoms with Gasteiger partial charge in [0, 0.05) is 25.3 Å². The van der Waals surface area contributed by atoms with E-state index in [9.17, 15) is 14.4 Å². The van der Waals surface area contributed by atoms with Crippen molar-refractivity contribution in [1.29, 1.82) is 0 Å². The van der Waals surface area contributed by atoms with Crippen molar-refractivity contribution in [1.82, 2.24) is 15.1 Å². The predicted molar refractivity (Wildman–Crippen MR) is 129 cm³/mol. The first-order valence-electron chi connectivity index (χ1n) is 12.6. The number of rotatable bonds is 6. The van der Waals surface area contributed by atoms with Crippen LogP contribution in [0.4, 0.5) is 4.79 Å². The predicted octanol–water partition coefficient (Wildman–Crippen LogP) is 3.96. The first kappa shape index (κ1) is 22.8. The molecule has 0 spiro atoms. The van der Waals surface area contributed by atoms with Crippen LogP contribution in [0.5, 0.6) is 0 Å². The fourth-order valence-electron chi connectivity index (χ4n) is 6.00. The van der Waals surface area contributed by atoms with Gasteiger partial charge in [0.15, 0.2) is 0 Å². The van der Waals surface area contributed by atoms with E-state index < -0.39 is 5.54 Å². The number of urea groups is 1. The minimum absolute atomic E-state index is 0.00923. The molecule has 2 unspecified atom stereocenters. The Morgan fingerprint density at radius 1 is 1.09 bits per heavy atom. The Hall–Kier alpha value is -2.93. The summed E-state index contributed by atoms with van der Waals surface area (Å²) >= 11 is 0. The number of piperidine rings is 1. The number of nitrogens with one attached hydrogen (secondary N) is 1. The van der Waals surface area contributed by atoms with Crippen molar-refractivity contribution in [2.75, 3.05) is 26.2 Å². The van der Waals surface area contributed by atoms with E-state index in [2.05, 4.69) is 5.32 Å². The van der Waals surface area contributed by atoms with E-state index >= 15 is 0 Å². The van der Waals surface area contributed by atoms with Crippen LogP contribution in [0, 0.1) is 5.92 Å². The highest BCUT2D eigenvalue weighted by atomic mass is 16.5. The van der Waals surface area contributed by atoms with Crippen LogP contribution in [0.25, 0.3) is 10.8 Å². The SMILES string of the molecule is CCCC1(C2CCN(C(=O)c3cccc4ccccc34)CC2)NC(=O)N(CC2CCCO2)C1=O. The molecule has 3 aliphatic rings. The standard InChI is InChI=1S/C27H33N3O4/c1-2-14-27(25(32)30(26(33)28-27)18-21-9-6-17-34-21)20-12-15-29(16-13-20)24(31)23-11-5-8-19-7-3-4-10-22(19)23/h3-5,7-8,10-11,20-21H,2,6,9,12-18H2,1H3,(H,28,33). The summed E-state index contributed by atoms with van der Waals surface area (Å²) in [6.45, 7) is 4.22. The number of amides is 4. The highest BCUT2D eigenvalue weighted by Gasteiger charge is 2.55. The van der Waals surface area contributed by atoms with Crippen LogP contribution >= 0.6 is 0 Å². The second-order valence-corrected chi connectivity index (χ2v) is 9.80. The molecule has 3 fully saturated rings. The molecule has 0 aromatic heterocycles. The average Bonchev–Trinajstić information content (AvgIpc) is 3.46. The summed E-state index contributed by atoms with van der Waals surface area (Å²) < 4.78 is 5.68. The first-order valence-corrected chi connectivity index (χ1v) is 12.6. The molecule has 2 aromatic carbocycles. The van der Waals surface area contributed by atoms with Crippen LogP contribution in [0.2, 0.25) is 0 Å². The van der Waals surface area contributed by atoms with Gasteiger partial charge in [0.2, 0.25) is 0 Å². The summed E-state index contributed by atoms with van der Waals surface area (Å²) in [5.74, 6) is -0.0785. The Morgan fingerprint density at radius 2 is 1.85 bits per heavy atom. The van der Waals surface area contributed by atoms with Gasteiger partial charge < -0.3 is 15.0 Å². The third-order valence-corrected chi connectivity index (χ3v) is 7.76. The summed E-state index contributed by atoms with van der Waals surface area (Å²) in [5.41, 5.74) is -0.160. The average molecular weight is 464 g/mol. The van der Waals surface area contributed by atoms with E-state index in [1.54, 1.807) is 0 Å². The van der Waals surface area contributed by atoms with Crippen molar-refractivity contribution in [2.45, 2.75) is 57.1 Å². The number of fused-ring (bicyclic) bond motifs is 1. The molecule has 7 heteroatoms. The van der Waals surface area contributed by atoms with Gasteiger partial charge in [-0.3, -0.25) is 14.5 Å². The third kappa shape index (κ3) is 3.96. The Labute approximate surface area is 200 Å². The summed E-state index contributed by atoms with van der Waals surface area (Å²) in [7, 11) is 0. The van der Waals surface area contributed by atoms with Crippen LogP contribution < -0.4 is 5.32 Å². The quantitative estimate of drug-likeness (QED) is 0.658. The maximum atomic E-state index is 13.6. The molecule has 1 N–H and O–H groups in total. The Morgan fingerprint density at radius 3 is 2.59 bits per heavy atom. The molecule has 3 heterocycles. The van der Waals surface area contributed by atoms with Gasteiger partial charge in [0.1, 0.15) is 5.54 Å². The molecule has 0 saturated carbocycles. The lowest BCUT2D eigenvalue weighted by molar-refractivity contribution is -0.135. The summed E-state index contributed by atoms with van der Waals surface area (Å²) in [6.07, 6.45) is 4.58. The van der Waals surface area contributed by atoms with E-state index in [0.29, 0.717) is 51.1 Å². The van der Waals surface area contributed by atoms with Crippen LogP contribution in [0.3, 0.4) is 0 Å². The molecule has 3 aliphatic heterocycles. The number of nitrogens with zero attached hydrogens (tertiary/aromatic N) is 2. The maximum absolute atomic E-state index is 13.6. The molecule has 0 radical (unpaired) electrons. The molecule has 5 rings (SSSR count). The second-order valence-electron chi connectivity index (χ2n) is 9.80. The lowest BCUT2D eigenvalue weighted by atomic mass is 9.74. The third-order valence-electron chi connectivity index (χ3n) is 7.76. The van der Waals surface area contributed by atoms with Crippen molar-refractivity contribution >= 4 is 28.6 Å². The summed E-state index contributed by atoms with van der Waals surface area (Å²) in [4.78, 5) is 43.1. The monoisotopic (exact) mass is 463 g/mol. The number of benzene rings is 2. The van der Waals surface area contributed by atoms with E-state index in [-0.39, 0.29) is 29.9 Å². The number of carbonyl (C=O) groups excluding carboxylic acids is 3. The molecule has 0 bridgehead atoms. The van der Waals surface area contributed by atoms with E-state index in [0.717, 1.165) is 30.0 Å². The molecular weight excluding hydrogens is 430 g/mol. The molecule has 2 atom stereocenters.